The second-order valence-corrected chi connectivity index (χ2v) is 9.18. The summed E-state index contributed by atoms with van der Waals surface area (Å²) in [4.78, 5) is 37.6. The first kappa shape index (κ1) is 27.7. The lowest BCUT2D eigenvalue weighted by molar-refractivity contribution is -0.384. The number of aryl methyl sites for hydroxylation is 1. The predicted octanol–water partition coefficient (Wildman–Crippen LogP) is 5.68. The zero-order valence-electron chi connectivity index (χ0n) is 20.5. The molecule has 0 spiro atoms. The van der Waals surface area contributed by atoms with Crippen LogP contribution in [0.3, 0.4) is 0 Å². The fourth-order valence-corrected chi connectivity index (χ4v) is 4.31. The highest BCUT2D eigenvalue weighted by atomic mass is 35.5. The van der Waals surface area contributed by atoms with Gasteiger partial charge in [-0.05, 0) is 55.0 Å². The van der Waals surface area contributed by atoms with Crippen LogP contribution in [0.1, 0.15) is 11.3 Å². The summed E-state index contributed by atoms with van der Waals surface area (Å²) >= 11 is 6.10. The largest absolute Gasteiger partial charge is 0.471 e. The molecule has 2 aromatic carbocycles. The number of hydrogen-bond acceptors (Lipinski definition) is 6. The van der Waals surface area contributed by atoms with Crippen LogP contribution in [-0.4, -0.2) is 54.0 Å². The van der Waals surface area contributed by atoms with Gasteiger partial charge in [-0.2, -0.15) is 13.2 Å². The van der Waals surface area contributed by atoms with Crippen LogP contribution in [0.25, 0.3) is 17.4 Å². The van der Waals surface area contributed by atoms with Gasteiger partial charge in [-0.1, -0.05) is 17.7 Å². The number of nitro groups is 1. The first-order valence-corrected chi connectivity index (χ1v) is 12.0. The van der Waals surface area contributed by atoms with Gasteiger partial charge in [0.25, 0.3) is 5.69 Å². The molecule has 0 radical (unpaired) electrons. The number of anilines is 2. The monoisotopic (exact) mass is 562 g/mol. The maximum atomic E-state index is 12.7. The molecule has 4 rings (SSSR count). The number of carbonyl (C=O) groups excluding carboxylic acids is 2. The fraction of sp³-hybridized carbons (Fsp3) is 0.231. The average Bonchev–Trinajstić information content (AvgIpc) is 3.35. The van der Waals surface area contributed by atoms with Crippen molar-refractivity contribution < 1.29 is 32.1 Å². The number of halogens is 4. The zero-order valence-corrected chi connectivity index (χ0v) is 21.3. The van der Waals surface area contributed by atoms with Gasteiger partial charge in [-0.3, -0.25) is 19.7 Å². The molecule has 1 saturated heterocycles. The highest BCUT2D eigenvalue weighted by molar-refractivity contribution is 6.31. The highest BCUT2D eigenvalue weighted by Gasteiger charge is 2.43. The van der Waals surface area contributed by atoms with Crippen LogP contribution in [-0.2, 0) is 9.59 Å². The van der Waals surface area contributed by atoms with Gasteiger partial charge in [0.2, 0.25) is 5.91 Å². The van der Waals surface area contributed by atoms with Crippen molar-refractivity contribution in [2.45, 2.75) is 13.1 Å². The van der Waals surface area contributed by atoms with Crippen LogP contribution in [0.15, 0.2) is 59.0 Å². The Hall–Kier alpha value is -4.32. The number of nitro benzene ring substituents is 1. The van der Waals surface area contributed by atoms with E-state index in [9.17, 15) is 32.9 Å². The summed E-state index contributed by atoms with van der Waals surface area (Å²) in [6.07, 6.45) is -2.33. The van der Waals surface area contributed by atoms with E-state index >= 15 is 0 Å². The molecule has 9 nitrogen and oxygen atoms in total. The molecule has 1 N–H and O–H groups in total. The number of benzene rings is 2. The molecule has 2 amide bonds. The number of furan rings is 1. The van der Waals surface area contributed by atoms with Gasteiger partial charge in [0, 0.05) is 43.3 Å². The number of nitrogens with one attached hydrogen (secondary N) is 1. The second-order valence-electron chi connectivity index (χ2n) is 8.74. The Morgan fingerprint density at radius 1 is 1.08 bits per heavy atom. The molecule has 3 aromatic rings. The predicted molar refractivity (Wildman–Crippen MR) is 139 cm³/mol. The molecule has 1 fully saturated rings. The molecule has 1 aromatic heterocycles. The summed E-state index contributed by atoms with van der Waals surface area (Å²) in [5.74, 6) is -1.87. The quantitative estimate of drug-likeness (QED) is 0.235. The van der Waals surface area contributed by atoms with Crippen molar-refractivity contribution in [3.8, 4) is 11.3 Å². The number of amides is 2. The molecule has 1 aliphatic rings. The van der Waals surface area contributed by atoms with E-state index in [-0.39, 0.29) is 43.4 Å². The van der Waals surface area contributed by atoms with E-state index in [0.29, 0.717) is 22.0 Å². The van der Waals surface area contributed by atoms with Gasteiger partial charge in [0.05, 0.1) is 21.9 Å². The Morgan fingerprint density at radius 2 is 1.79 bits per heavy atom. The first-order valence-electron chi connectivity index (χ1n) is 11.7. The van der Waals surface area contributed by atoms with Crippen LogP contribution < -0.4 is 10.2 Å². The first-order chi connectivity index (χ1) is 18.4. The van der Waals surface area contributed by atoms with Crippen molar-refractivity contribution in [1.29, 1.82) is 0 Å². The number of carbonyl (C=O) groups is 2. The van der Waals surface area contributed by atoms with Gasteiger partial charge >= 0.3 is 12.1 Å². The van der Waals surface area contributed by atoms with Crippen LogP contribution in [0, 0.1) is 17.0 Å². The normalized spacial score (nSPS) is 14.1. The number of hydrogen-bond donors (Lipinski definition) is 1. The zero-order chi connectivity index (χ0) is 28.3. The third-order valence-corrected chi connectivity index (χ3v) is 6.24. The van der Waals surface area contributed by atoms with Gasteiger partial charge in [0.1, 0.15) is 11.5 Å². The number of rotatable bonds is 6. The van der Waals surface area contributed by atoms with E-state index < -0.39 is 22.9 Å². The lowest BCUT2D eigenvalue weighted by Crippen LogP contribution is -2.52. The van der Waals surface area contributed by atoms with E-state index in [0.717, 1.165) is 10.5 Å². The van der Waals surface area contributed by atoms with Gasteiger partial charge in [-0.15, -0.1) is 0 Å². The summed E-state index contributed by atoms with van der Waals surface area (Å²) < 4.78 is 43.9. The topological polar surface area (TPSA) is 109 Å². The molecular formula is C26H22ClF3N4O5. The Labute approximate surface area is 225 Å². The lowest BCUT2D eigenvalue weighted by atomic mass is 10.1. The summed E-state index contributed by atoms with van der Waals surface area (Å²) in [5.41, 5.74) is 1.80. The Kier molecular flexibility index (Phi) is 7.95. The Morgan fingerprint density at radius 3 is 2.46 bits per heavy atom. The van der Waals surface area contributed by atoms with Crippen molar-refractivity contribution in [1.82, 2.24) is 4.90 Å². The summed E-state index contributed by atoms with van der Waals surface area (Å²) in [6, 6.07) is 12.6. The maximum Gasteiger partial charge on any atom is 0.471 e. The van der Waals surface area contributed by atoms with Crippen molar-refractivity contribution in [3.63, 3.8) is 0 Å². The van der Waals surface area contributed by atoms with Crippen molar-refractivity contribution in [2.75, 3.05) is 36.4 Å². The fourth-order valence-electron chi connectivity index (χ4n) is 4.13. The van der Waals surface area contributed by atoms with Gasteiger partial charge in [-0.25, -0.2) is 0 Å². The Balaban J connectivity index is 1.45. The average molecular weight is 563 g/mol. The molecule has 39 heavy (non-hydrogen) atoms. The maximum absolute atomic E-state index is 12.7. The van der Waals surface area contributed by atoms with Crippen LogP contribution >= 0.6 is 11.6 Å². The summed E-state index contributed by atoms with van der Waals surface area (Å²) in [5, 5.41) is 14.5. The molecule has 0 atom stereocenters. The molecule has 0 unspecified atom stereocenters. The minimum absolute atomic E-state index is 0.102. The molecule has 2 heterocycles. The third-order valence-electron chi connectivity index (χ3n) is 6.01. The number of piperazine rings is 1. The SMILES string of the molecule is Cc1ccc(-c2ccc(/C=C/C(=O)Nc3cc(Cl)ccc3N3CCN(C(=O)C(F)(F)F)CC3)o2)c([N+](=O)[O-])c1. The molecule has 0 aliphatic carbocycles. The minimum atomic E-state index is -4.93. The van der Waals surface area contributed by atoms with Gasteiger partial charge < -0.3 is 19.5 Å². The second kappa shape index (κ2) is 11.2. The molecule has 204 valence electrons. The lowest BCUT2D eigenvalue weighted by Gasteiger charge is -2.37. The smallest absolute Gasteiger partial charge is 0.456 e. The molecule has 0 bridgehead atoms. The van der Waals surface area contributed by atoms with E-state index in [1.54, 1.807) is 48.2 Å². The van der Waals surface area contributed by atoms with Crippen LogP contribution in [0.2, 0.25) is 5.02 Å². The highest BCUT2D eigenvalue weighted by Crippen LogP contribution is 2.33. The van der Waals surface area contributed by atoms with Crippen molar-refractivity contribution in [3.05, 3.63) is 81.1 Å². The van der Waals surface area contributed by atoms with E-state index in [1.165, 1.54) is 24.3 Å². The number of nitrogens with zero attached hydrogens (tertiary/aromatic N) is 3. The molecule has 0 saturated carbocycles. The van der Waals surface area contributed by atoms with Gasteiger partial charge in [0.15, 0.2) is 0 Å². The van der Waals surface area contributed by atoms with E-state index in [2.05, 4.69) is 5.32 Å². The molecular weight excluding hydrogens is 541 g/mol. The standard InChI is InChI=1S/C26H22ClF3N4O5/c1-16-2-6-19(22(14-16)34(37)38)23-8-4-18(39-23)5-9-24(35)31-20-15-17(27)3-7-21(20)32-10-12-33(13-11-32)25(36)26(28,29)30/h2-9,14-15H,10-13H2,1H3,(H,31,35)/b9-5+. The van der Waals surface area contributed by atoms with Crippen molar-refractivity contribution >= 4 is 46.6 Å². The van der Waals surface area contributed by atoms with Crippen LogP contribution in [0.5, 0.6) is 0 Å². The molecule has 1 aliphatic heterocycles. The summed E-state index contributed by atoms with van der Waals surface area (Å²) in [7, 11) is 0. The Bertz CT molecular complexity index is 1450. The van der Waals surface area contributed by atoms with E-state index in [4.69, 9.17) is 16.0 Å². The summed E-state index contributed by atoms with van der Waals surface area (Å²) in [6.45, 7) is 1.74. The van der Waals surface area contributed by atoms with Crippen LogP contribution in [0.4, 0.5) is 30.2 Å². The number of alkyl halides is 3. The van der Waals surface area contributed by atoms with Crippen molar-refractivity contribution in [2.24, 2.45) is 0 Å². The molecule has 13 heteroatoms. The minimum Gasteiger partial charge on any atom is -0.456 e. The van der Waals surface area contributed by atoms with E-state index in [1.807, 2.05) is 0 Å². The third kappa shape index (κ3) is 6.58.